The summed E-state index contributed by atoms with van der Waals surface area (Å²) in [7, 11) is 0. The molecule has 0 saturated carbocycles. The number of aromatic nitrogens is 5. The molecule has 0 spiro atoms. The number of nitrogen functional groups attached to an aromatic ring is 1. The van der Waals surface area contributed by atoms with E-state index in [1.807, 2.05) is 24.3 Å². The average Bonchev–Trinajstić information content (AvgIpc) is 2.76. The van der Waals surface area contributed by atoms with Gasteiger partial charge in [0.1, 0.15) is 6.33 Å². The second-order valence-electron chi connectivity index (χ2n) is 8.50. The van der Waals surface area contributed by atoms with E-state index >= 15 is 0 Å². The summed E-state index contributed by atoms with van der Waals surface area (Å²) in [5, 5.41) is 0. The van der Waals surface area contributed by atoms with E-state index in [-0.39, 0.29) is 23.0 Å². The number of likely N-dealkylation sites (tertiary alicyclic amines) is 1. The predicted octanol–water partition coefficient (Wildman–Crippen LogP) is 3.26. The van der Waals surface area contributed by atoms with Crippen LogP contribution >= 0.6 is 0 Å². The van der Waals surface area contributed by atoms with Gasteiger partial charge in [0.15, 0.2) is 11.5 Å². The zero-order valence-corrected chi connectivity index (χ0v) is 18.4. The topological polar surface area (TPSA) is 103 Å². The molecule has 3 heterocycles. The van der Waals surface area contributed by atoms with Gasteiger partial charge in [0.25, 0.3) is 5.56 Å². The van der Waals surface area contributed by atoms with Crippen LogP contribution in [-0.4, -0.2) is 48.0 Å². The van der Waals surface area contributed by atoms with E-state index in [1.165, 1.54) is 25.6 Å². The molecule has 1 fully saturated rings. The fourth-order valence-electron chi connectivity index (χ4n) is 4.64. The molecule has 31 heavy (non-hydrogen) atoms. The fourth-order valence-corrected chi connectivity index (χ4v) is 4.64. The highest BCUT2D eigenvalue weighted by molar-refractivity contribution is 5.76. The summed E-state index contributed by atoms with van der Waals surface area (Å²) in [6.07, 6.45) is 8.40. The monoisotopic (exact) mass is 421 g/mol. The van der Waals surface area contributed by atoms with E-state index in [2.05, 4.69) is 38.7 Å². The molecule has 3 aromatic rings. The maximum atomic E-state index is 13.2. The Morgan fingerprint density at radius 1 is 1.00 bits per heavy atom. The summed E-state index contributed by atoms with van der Waals surface area (Å²) in [5.41, 5.74) is 7.28. The van der Waals surface area contributed by atoms with Crippen LogP contribution in [0.2, 0.25) is 0 Å². The first-order chi connectivity index (χ1) is 15.0. The molecule has 0 bridgehead atoms. The Morgan fingerprint density at radius 2 is 1.74 bits per heavy atom. The smallest absolute Gasteiger partial charge is 0.280 e. The lowest BCUT2D eigenvalue weighted by Crippen LogP contribution is -2.44. The number of fused-ring (bicyclic) bond motifs is 1. The lowest BCUT2D eigenvalue weighted by Gasteiger charge is -2.39. The molecule has 1 aliphatic rings. The molecular weight excluding hydrogens is 390 g/mol. The normalized spacial score (nSPS) is 19.7. The van der Waals surface area contributed by atoms with Gasteiger partial charge in [0.2, 0.25) is 5.95 Å². The highest BCUT2D eigenvalue weighted by Crippen LogP contribution is 2.23. The third-order valence-electron chi connectivity index (χ3n) is 6.33. The minimum Gasteiger partial charge on any atom is -0.368 e. The number of nitrogens with zero attached hydrogens (tertiary/aromatic N) is 6. The van der Waals surface area contributed by atoms with Crippen LogP contribution in [-0.2, 0) is 6.54 Å². The van der Waals surface area contributed by atoms with E-state index in [0.717, 1.165) is 36.8 Å². The molecule has 164 valence electrons. The Hall–Kier alpha value is -2.87. The molecule has 4 rings (SSSR count). The van der Waals surface area contributed by atoms with Gasteiger partial charge in [-0.1, -0.05) is 25.0 Å². The minimum absolute atomic E-state index is 0.0760. The molecule has 2 atom stereocenters. The number of aryl methyl sites for hydroxylation is 1. The van der Waals surface area contributed by atoms with Crippen LogP contribution in [0.15, 0.2) is 35.4 Å². The molecule has 1 saturated heterocycles. The summed E-state index contributed by atoms with van der Waals surface area (Å²) in [6.45, 7) is 6.45. The largest absolute Gasteiger partial charge is 0.368 e. The van der Waals surface area contributed by atoms with Crippen molar-refractivity contribution in [2.75, 3.05) is 12.3 Å². The highest BCUT2D eigenvalue weighted by atomic mass is 16.1. The van der Waals surface area contributed by atoms with Gasteiger partial charge in [-0.25, -0.2) is 15.0 Å². The van der Waals surface area contributed by atoms with Crippen LogP contribution in [0.4, 0.5) is 5.95 Å². The minimum atomic E-state index is -0.192. The van der Waals surface area contributed by atoms with Crippen molar-refractivity contribution in [3.8, 4) is 11.5 Å². The van der Waals surface area contributed by atoms with Crippen molar-refractivity contribution in [3.63, 3.8) is 0 Å². The van der Waals surface area contributed by atoms with Crippen molar-refractivity contribution >= 4 is 17.0 Å². The van der Waals surface area contributed by atoms with Gasteiger partial charge in [0, 0.05) is 18.6 Å². The van der Waals surface area contributed by atoms with E-state index in [1.54, 1.807) is 4.57 Å². The van der Waals surface area contributed by atoms with Crippen LogP contribution in [0, 0.1) is 0 Å². The molecular formula is C23H31N7O. The second-order valence-corrected chi connectivity index (χ2v) is 8.50. The third kappa shape index (κ3) is 4.74. The standard InChI is InChI=1S/C23H31N7O/c1-16-9-8-10-17(2)29(16)13-6-3-7-14-30-19-12-5-4-11-18(19)27-20(22(30)31)21-25-15-26-23(24)28-21/h4-5,11-12,15-17H,3,6-10,13-14H2,1-2H3,(H2,24,25,26,28)/t16-,17+. The molecule has 8 nitrogen and oxygen atoms in total. The molecule has 0 unspecified atom stereocenters. The number of benzene rings is 1. The van der Waals surface area contributed by atoms with Crippen molar-refractivity contribution in [2.24, 2.45) is 0 Å². The van der Waals surface area contributed by atoms with Gasteiger partial charge in [-0.3, -0.25) is 9.69 Å². The van der Waals surface area contributed by atoms with E-state index in [0.29, 0.717) is 18.6 Å². The summed E-state index contributed by atoms with van der Waals surface area (Å²) in [6, 6.07) is 9.03. The lowest BCUT2D eigenvalue weighted by molar-refractivity contribution is 0.101. The average molecular weight is 422 g/mol. The van der Waals surface area contributed by atoms with Crippen LogP contribution in [0.25, 0.3) is 22.6 Å². The highest BCUT2D eigenvalue weighted by Gasteiger charge is 2.23. The van der Waals surface area contributed by atoms with Crippen molar-refractivity contribution < 1.29 is 0 Å². The molecule has 2 N–H and O–H groups in total. The first-order valence-electron chi connectivity index (χ1n) is 11.2. The predicted molar refractivity (Wildman–Crippen MR) is 123 cm³/mol. The molecule has 0 radical (unpaired) electrons. The van der Waals surface area contributed by atoms with Gasteiger partial charge in [-0.15, -0.1) is 0 Å². The number of anilines is 1. The first kappa shape index (κ1) is 21.4. The fraction of sp³-hybridized carbons (Fsp3) is 0.522. The van der Waals surface area contributed by atoms with Crippen molar-refractivity contribution in [2.45, 2.75) is 71.0 Å². The van der Waals surface area contributed by atoms with E-state index in [9.17, 15) is 4.79 Å². The zero-order valence-electron chi connectivity index (χ0n) is 18.4. The van der Waals surface area contributed by atoms with Crippen molar-refractivity contribution in [1.82, 2.24) is 29.4 Å². The maximum Gasteiger partial charge on any atom is 0.280 e. The van der Waals surface area contributed by atoms with Gasteiger partial charge in [0.05, 0.1) is 11.0 Å². The Labute approximate surface area is 182 Å². The Bertz CT molecular complexity index is 1090. The lowest BCUT2D eigenvalue weighted by atomic mass is 9.97. The Kier molecular flexibility index (Phi) is 6.56. The number of para-hydroxylation sites is 2. The SMILES string of the molecule is C[C@@H]1CCC[C@H](C)N1CCCCCn1c(=O)c(-c2ncnc(N)n2)nc2ccccc21. The zero-order chi connectivity index (χ0) is 21.8. The molecule has 8 heteroatoms. The van der Waals surface area contributed by atoms with E-state index in [4.69, 9.17) is 5.73 Å². The number of hydrogen-bond acceptors (Lipinski definition) is 7. The Morgan fingerprint density at radius 3 is 2.52 bits per heavy atom. The second kappa shape index (κ2) is 9.51. The van der Waals surface area contributed by atoms with Gasteiger partial charge < -0.3 is 10.3 Å². The summed E-state index contributed by atoms with van der Waals surface area (Å²) >= 11 is 0. The number of rotatable bonds is 7. The quantitative estimate of drug-likeness (QED) is 0.584. The Balaban J connectivity index is 1.49. The van der Waals surface area contributed by atoms with Crippen LogP contribution in [0.5, 0.6) is 0 Å². The van der Waals surface area contributed by atoms with Crippen LogP contribution < -0.4 is 11.3 Å². The van der Waals surface area contributed by atoms with Gasteiger partial charge >= 0.3 is 0 Å². The number of nitrogens with two attached hydrogens (primary N) is 1. The summed E-state index contributed by atoms with van der Waals surface area (Å²) in [5.74, 6) is 0.289. The van der Waals surface area contributed by atoms with E-state index < -0.39 is 0 Å². The van der Waals surface area contributed by atoms with Crippen molar-refractivity contribution in [3.05, 3.63) is 40.9 Å². The van der Waals surface area contributed by atoms with Crippen molar-refractivity contribution in [1.29, 1.82) is 0 Å². The van der Waals surface area contributed by atoms with Gasteiger partial charge in [-0.05, 0) is 58.2 Å². The third-order valence-corrected chi connectivity index (χ3v) is 6.33. The van der Waals surface area contributed by atoms with Gasteiger partial charge in [-0.2, -0.15) is 4.98 Å². The number of unbranched alkanes of at least 4 members (excludes halogenated alkanes) is 2. The molecule has 0 amide bonds. The maximum absolute atomic E-state index is 13.2. The molecule has 1 aliphatic heterocycles. The van der Waals surface area contributed by atoms with Crippen LogP contribution in [0.3, 0.4) is 0 Å². The molecule has 0 aliphatic carbocycles. The first-order valence-corrected chi connectivity index (χ1v) is 11.2. The van der Waals surface area contributed by atoms with Crippen LogP contribution in [0.1, 0.15) is 52.4 Å². The summed E-state index contributed by atoms with van der Waals surface area (Å²) < 4.78 is 1.80. The number of piperidine rings is 1. The summed E-state index contributed by atoms with van der Waals surface area (Å²) in [4.78, 5) is 32.4. The molecule has 2 aromatic heterocycles. The number of hydrogen-bond donors (Lipinski definition) is 1. The molecule has 1 aromatic carbocycles.